The number of carbonyl (C=O) groups excluding carboxylic acids is 1. The van der Waals surface area contributed by atoms with E-state index in [1.807, 2.05) is 0 Å². The fourth-order valence-corrected chi connectivity index (χ4v) is 2.11. The highest BCUT2D eigenvalue weighted by molar-refractivity contribution is 6.30. The molecule has 1 aliphatic rings. The molecule has 1 aromatic rings. The van der Waals surface area contributed by atoms with Crippen LogP contribution in [0.25, 0.3) is 0 Å². The molecule has 0 fully saturated rings. The number of ether oxygens (including phenoxy) is 1. The summed E-state index contributed by atoms with van der Waals surface area (Å²) in [5.74, 6) is 4.56. The molecule has 1 heterocycles. The zero-order valence-electron chi connectivity index (χ0n) is 10.7. The monoisotopic (exact) mass is 299 g/mol. The van der Waals surface area contributed by atoms with E-state index in [1.165, 1.54) is 18.2 Å². The van der Waals surface area contributed by atoms with Crippen LogP contribution in [-0.4, -0.2) is 18.9 Å². The van der Waals surface area contributed by atoms with Gasteiger partial charge in [-0.2, -0.15) is 0 Å². The quantitative estimate of drug-likeness (QED) is 0.809. The zero-order chi connectivity index (χ0) is 14.8. The van der Waals surface area contributed by atoms with Gasteiger partial charge in [0.2, 0.25) is 11.5 Å². The second-order valence-corrected chi connectivity index (χ2v) is 4.65. The van der Waals surface area contributed by atoms with Crippen LogP contribution in [0.2, 0.25) is 5.02 Å². The molecule has 1 N–H and O–H groups in total. The Morgan fingerprint density at radius 3 is 2.95 bits per heavy atom. The predicted molar refractivity (Wildman–Crippen MR) is 71.8 cm³/mol. The Bertz CT molecular complexity index is 595. The summed E-state index contributed by atoms with van der Waals surface area (Å²) in [7, 11) is 0. The Labute approximate surface area is 120 Å². The number of benzene rings is 1. The van der Waals surface area contributed by atoms with Crippen molar-refractivity contribution in [3.05, 3.63) is 28.8 Å². The van der Waals surface area contributed by atoms with E-state index < -0.39 is 24.5 Å². The van der Waals surface area contributed by atoms with E-state index in [0.29, 0.717) is 6.42 Å². The Balaban J connectivity index is 2.68. The third kappa shape index (κ3) is 2.62. The molecule has 1 aliphatic heterocycles. The van der Waals surface area contributed by atoms with Crippen LogP contribution in [0.1, 0.15) is 18.9 Å². The van der Waals surface area contributed by atoms with E-state index in [9.17, 15) is 13.6 Å². The smallest absolute Gasteiger partial charge is 0.282 e. The number of rotatable bonds is 1. The number of alkyl halides is 2. The molecule has 0 saturated carbocycles. The normalized spacial score (nSPS) is 21.6. The number of anilines is 1. The van der Waals surface area contributed by atoms with Crippen molar-refractivity contribution in [3.63, 3.8) is 0 Å². The van der Waals surface area contributed by atoms with E-state index >= 15 is 0 Å². The lowest BCUT2D eigenvalue weighted by molar-refractivity contribution is -0.136. The minimum absolute atomic E-state index is 0.0757. The first-order valence-corrected chi connectivity index (χ1v) is 6.39. The van der Waals surface area contributed by atoms with E-state index in [-0.39, 0.29) is 16.3 Å². The molecule has 0 bridgehead atoms. The Morgan fingerprint density at radius 1 is 1.55 bits per heavy atom. The molecule has 1 atom stereocenters. The first-order chi connectivity index (χ1) is 9.49. The van der Waals surface area contributed by atoms with Gasteiger partial charge in [0, 0.05) is 22.7 Å². The molecular weight excluding hydrogens is 288 g/mol. The number of nitrogens with one attached hydrogen (secondary N) is 1. The number of halogens is 3. The van der Waals surface area contributed by atoms with Gasteiger partial charge < -0.3 is 10.1 Å². The van der Waals surface area contributed by atoms with E-state index in [1.54, 1.807) is 6.92 Å². The molecule has 0 saturated heterocycles. The third-order valence-corrected chi connectivity index (χ3v) is 3.08. The fourth-order valence-electron chi connectivity index (χ4n) is 1.93. The summed E-state index contributed by atoms with van der Waals surface area (Å²) in [6.07, 6.45) is -2.51. The Morgan fingerprint density at radius 2 is 2.30 bits per heavy atom. The molecule has 1 amide bonds. The maximum absolute atomic E-state index is 13.6. The Kier molecular flexibility index (Phi) is 4.26. The molecule has 0 spiro atoms. The van der Waals surface area contributed by atoms with Crippen molar-refractivity contribution in [2.24, 2.45) is 0 Å². The van der Waals surface area contributed by atoms with Crippen LogP contribution in [0.3, 0.4) is 0 Å². The van der Waals surface area contributed by atoms with Crippen LogP contribution < -0.4 is 5.32 Å². The molecule has 0 aliphatic carbocycles. The summed E-state index contributed by atoms with van der Waals surface area (Å²) in [5, 5.41) is 2.78. The summed E-state index contributed by atoms with van der Waals surface area (Å²) in [6, 6.07) is 4.32. The number of amides is 1. The molecule has 2 rings (SSSR count). The van der Waals surface area contributed by atoms with Gasteiger partial charge in [0.15, 0.2) is 0 Å². The molecule has 3 nitrogen and oxygen atoms in total. The van der Waals surface area contributed by atoms with Gasteiger partial charge in [-0.25, -0.2) is 8.78 Å². The van der Waals surface area contributed by atoms with E-state index in [4.69, 9.17) is 16.3 Å². The molecule has 0 aromatic heterocycles. The molecular formula is C14H12ClF2NO2. The van der Waals surface area contributed by atoms with Crippen molar-refractivity contribution in [3.8, 4) is 11.8 Å². The molecule has 20 heavy (non-hydrogen) atoms. The maximum atomic E-state index is 13.6. The zero-order valence-corrected chi connectivity index (χ0v) is 11.4. The minimum atomic E-state index is -2.91. The summed E-state index contributed by atoms with van der Waals surface area (Å²) in [6.45, 7) is 1.25. The van der Waals surface area contributed by atoms with Gasteiger partial charge in [-0.15, -0.1) is 0 Å². The summed E-state index contributed by atoms with van der Waals surface area (Å²) in [5.41, 5.74) is -1.83. The summed E-state index contributed by atoms with van der Waals surface area (Å²) < 4.78 is 32.4. The van der Waals surface area contributed by atoms with Crippen molar-refractivity contribution in [2.75, 3.05) is 11.9 Å². The summed E-state index contributed by atoms with van der Waals surface area (Å²) >= 11 is 5.87. The van der Waals surface area contributed by atoms with Crippen molar-refractivity contribution in [2.45, 2.75) is 25.4 Å². The molecule has 1 unspecified atom stereocenters. The minimum Gasteiger partial charge on any atom is -0.343 e. The predicted octanol–water partition coefficient (Wildman–Crippen LogP) is 3.18. The third-order valence-electron chi connectivity index (χ3n) is 2.84. The van der Waals surface area contributed by atoms with Gasteiger partial charge in [-0.1, -0.05) is 30.4 Å². The number of hydrogen-bond acceptors (Lipinski definition) is 2. The number of hydrogen-bond donors (Lipinski definition) is 1. The molecule has 106 valence electrons. The fraction of sp³-hybridized carbons (Fsp3) is 0.357. The first-order valence-electron chi connectivity index (χ1n) is 6.01. The van der Waals surface area contributed by atoms with Crippen molar-refractivity contribution >= 4 is 23.2 Å². The lowest BCUT2D eigenvalue weighted by atomic mass is 9.92. The number of fused-ring (bicyclic) bond motifs is 1. The van der Waals surface area contributed by atoms with Crippen LogP contribution in [0.4, 0.5) is 14.5 Å². The van der Waals surface area contributed by atoms with E-state index in [0.717, 1.165) is 0 Å². The van der Waals surface area contributed by atoms with Gasteiger partial charge in [-0.3, -0.25) is 4.79 Å². The summed E-state index contributed by atoms with van der Waals surface area (Å²) in [4.78, 5) is 11.6. The highest BCUT2D eigenvalue weighted by atomic mass is 35.5. The lowest BCUT2D eigenvalue weighted by Gasteiger charge is -2.27. The second kappa shape index (κ2) is 5.78. The second-order valence-electron chi connectivity index (χ2n) is 4.22. The standard InChI is InChI=1S/C14H12ClF2NO2/c1-2-3-6-14(13(16)17)10-7-9(15)4-5-11(10)18-12(19)8-20-14/h4-5,7,13H,2,8H2,1H3,(H,18,19). The average molecular weight is 300 g/mol. The SMILES string of the molecule is CCC#CC1(C(F)F)OCC(=O)Nc2ccc(Cl)cc21. The topological polar surface area (TPSA) is 38.3 Å². The van der Waals surface area contributed by atoms with E-state index in [2.05, 4.69) is 17.2 Å². The van der Waals surface area contributed by atoms with Gasteiger partial charge in [0.25, 0.3) is 6.43 Å². The van der Waals surface area contributed by atoms with Crippen LogP contribution >= 0.6 is 11.6 Å². The van der Waals surface area contributed by atoms with Crippen molar-refractivity contribution in [1.29, 1.82) is 0 Å². The lowest BCUT2D eigenvalue weighted by Crippen LogP contribution is -2.36. The van der Waals surface area contributed by atoms with Gasteiger partial charge in [-0.05, 0) is 18.2 Å². The van der Waals surface area contributed by atoms with Crippen LogP contribution in [0.15, 0.2) is 18.2 Å². The van der Waals surface area contributed by atoms with Crippen LogP contribution in [-0.2, 0) is 15.1 Å². The van der Waals surface area contributed by atoms with Crippen LogP contribution in [0, 0.1) is 11.8 Å². The number of carbonyl (C=O) groups is 1. The largest absolute Gasteiger partial charge is 0.343 e. The maximum Gasteiger partial charge on any atom is 0.282 e. The van der Waals surface area contributed by atoms with Crippen LogP contribution in [0.5, 0.6) is 0 Å². The molecule has 0 radical (unpaired) electrons. The van der Waals surface area contributed by atoms with Gasteiger partial charge >= 0.3 is 0 Å². The molecule has 6 heteroatoms. The van der Waals surface area contributed by atoms with Crippen molar-refractivity contribution < 1.29 is 18.3 Å². The molecule has 1 aromatic carbocycles. The Hall–Kier alpha value is -1.64. The first kappa shape index (κ1) is 14.8. The van der Waals surface area contributed by atoms with Crippen molar-refractivity contribution in [1.82, 2.24) is 0 Å². The van der Waals surface area contributed by atoms with Gasteiger partial charge in [0.1, 0.15) is 6.61 Å². The van der Waals surface area contributed by atoms with Gasteiger partial charge in [0.05, 0.1) is 0 Å². The highest BCUT2D eigenvalue weighted by Crippen LogP contribution is 2.39. The average Bonchev–Trinajstić information content (AvgIpc) is 2.54. The highest BCUT2D eigenvalue weighted by Gasteiger charge is 2.45.